The number of carbonyl (C=O) groups is 1. The number of aromatic nitrogens is 2. The van der Waals surface area contributed by atoms with E-state index in [9.17, 15) is 4.79 Å². The van der Waals surface area contributed by atoms with Crippen LogP contribution in [0.5, 0.6) is 17.2 Å². The zero-order chi connectivity index (χ0) is 22.9. The second-order valence-corrected chi connectivity index (χ2v) is 7.41. The number of rotatable bonds is 11. The molecule has 9 heteroatoms. The quantitative estimate of drug-likeness (QED) is 0.411. The fourth-order valence-electron chi connectivity index (χ4n) is 2.77. The first-order valence-electron chi connectivity index (χ1n) is 10.5. The first kappa shape index (κ1) is 23.4. The Morgan fingerprint density at radius 3 is 2.47 bits per heavy atom. The molecular weight excluding hydrogens is 434 g/mol. The van der Waals surface area contributed by atoms with Gasteiger partial charge in [0.2, 0.25) is 5.82 Å². The zero-order valence-corrected chi connectivity index (χ0v) is 19.0. The van der Waals surface area contributed by atoms with Crippen LogP contribution in [0.3, 0.4) is 0 Å². The van der Waals surface area contributed by atoms with Crippen molar-refractivity contribution in [1.29, 1.82) is 0 Å². The Bertz CT molecular complexity index is 1040. The van der Waals surface area contributed by atoms with Crippen molar-refractivity contribution < 1.29 is 23.6 Å². The van der Waals surface area contributed by atoms with Gasteiger partial charge >= 0.3 is 0 Å². The van der Waals surface area contributed by atoms with Gasteiger partial charge in [-0.1, -0.05) is 37.6 Å². The topological polar surface area (TPSA) is 95.7 Å². The van der Waals surface area contributed by atoms with E-state index >= 15 is 0 Å². The van der Waals surface area contributed by atoms with E-state index in [4.69, 9.17) is 30.4 Å². The van der Waals surface area contributed by atoms with Crippen LogP contribution in [0.4, 0.5) is 5.82 Å². The number of carbonyl (C=O) groups excluding carboxylic acids is 1. The van der Waals surface area contributed by atoms with Gasteiger partial charge in [-0.05, 0) is 60.4 Å². The Labute approximate surface area is 191 Å². The molecule has 1 aromatic heterocycles. The first-order valence-corrected chi connectivity index (χ1v) is 10.9. The largest absolute Gasteiger partial charge is 0.490 e. The fraction of sp³-hybridized carbons (Fsp3) is 0.348. The zero-order valence-electron chi connectivity index (χ0n) is 18.3. The minimum atomic E-state index is -0.826. The fourth-order valence-corrected chi connectivity index (χ4v) is 2.95. The van der Waals surface area contributed by atoms with Crippen molar-refractivity contribution in [3.8, 4) is 28.5 Å². The van der Waals surface area contributed by atoms with Crippen molar-refractivity contribution in [3.63, 3.8) is 0 Å². The summed E-state index contributed by atoms with van der Waals surface area (Å²) in [6.45, 7) is 6.80. The summed E-state index contributed by atoms with van der Waals surface area (Å²) in [4.78, 5) is 12.7. The van der Waals surface area contributed by atoms with Crippen molar-refractivity contribution >= 4 is 23.3 Å². The van der Waals surface area contributed by atoms with Crippen LogP contribution in [0.1, 0.15) is 33.6 Å². The summed E-state index contributed by atoms with van der Waals surface area (Å²) >= 11 is 6.10. The highest BCUT2D eigenvalue weighted by Gasteiger charge is 2.22. The molecule has 0 spiro atoms. The standard InChI is InChI=1S/C23H26ClN3O5/c1-4-12-29-19-11-10-16(14-20(19)30-13-5-2)21-22(27-32-26-21)25-23(28)15(3)31-18-9-7-6-8-17(18)24/h6-11,14-15H,4-5,12-13H2,1-3H3,(H,25,27,28). The normalized spacial score (nSPS) is 11.6. The van der Waals surface area contributed by atoms with Crippen LogP contribution in [-0.2, 0) is 4.79 Å². The maximum atomic E-state index is 12.7. The summed E-state index contributed by atoms with van der Waals surface area (Å²) in [5.74, 6) is 1.40. The lowest BCUT2D eigenvalue weighted by Gasteiger charge is -2.15. The van der Waals surface area contributed by atoms with E-state index in [1.165, 1.54) is 0 Å². The Morgan fingerprint density at radius 1 is 1.03 bits per heavy atom. The SMILES string of the molecule is CCCOc1ccc(-c2nonc2NC(=O)C(C)Oc2ccccc2Cl)cc1OCCC. The number of benzene rings is 2. The van der Waals surface area contributed by atoms with Gasteiger partial charge in [-0.2, -0.15) is 0 Å². The van der Waals surface area contributed by atoms with Crippen molar-refractivity contribution in [2.24, 2.45) is 0 Å². The number of hydrogen-bond donors (Lipinski definition) is 1. The van der Waals surface area contributed by atoms with Crippen molar-refractivity contribution in [1.82, 2.24) is 10.3 Å². The van der Waals surface area contributed by atoms with Crippen LogP contribution in [0.15, 0.2) is 47.1 Å². The number of para-hydroxylation sites is 1. The number of halogens is 1. The average molecular weight is 460 g/mol. The van der Waals surface area contributed by atoms with Crippen molar-refractivity contribution in [2.75, 3.05) is 18.5 Å². The molecule has 0 bridgehead atoms. The molecule has 0 saturated heterocycles. The third kappa shape index (κ3) is 5.91. The van der Waals surface area contributed by atoms with Gasteiger partial charge in [-0.15, -0.1) is 0 Å². The second kappa shape index (κ2) is 11.4. The molecule has 3 aromatic rings. The molecule has 32 heavy (non-hydrogen) atoms. The lowest BCUT2D eigenvalue weighted by molar-refractivity contribution is -0.122. The van der Waals surface area contributed by atoms with Crippen LogP contribution in [-0.4, -0.2) is 35.5 Å². The van der Waals surface area contributed by atoms with Gasteiger partial charge in [0.1, 0.15) is 5.75 Å². The summed E-state index contributed by atoms with van der Waals surface area (Å²) in [6, 6.07) is 12.3. The third-order valence-corrected chi connectivity index (χ3v) is 4.69. The number of nitrogens with zero attached hydrogens (tertiary/aromatic N) is 2. The number of nitrogens with one attached hydrogen (secondary N) is 1. The highest BCUT2D eigenvalue weighted by Crippen LogP contribution is 2.34. The minimum Gasteiger partial charge on any atom is -0.490 e. The average Bonchev–Trinajstić information content (AvgIpc) is 3.26. The van der Waals surface area contributed by atoms with E-state index in [1.54, 1.807) is 43.3 Å². The van der Waals surface area contributed by atoms with Crippen LogP contribution < -0.4 is 19.5 Å². The highest BCUT2D eigenvalue weighted by molar-refractivity contribution is 6.32. The molecule has 0 aliphatic carbocycles. The van der Waals surface area contributed by atoms with Gasteiger partial charge in [0.05, 0.1) is 18.2 Å². The predicted molar refractivity (Wildman–Crippen MR) is 121 cm³/mol. The van der Waals surface area contributed by atoms with Gasteiger partial charge in [-0.25, -0.2) is 4.63 Å². The molecule has 2 aromatic carbocycles. The van der Waals surface area contributed by atoms with Crippen LogP contribution in [0, 0.1) is 0 Å². The first-order chi connectivity index (χ1) is 15.5. The van der Waals surface area contributed by atoms with E-state index in [-0.39, 0.29) is 5.82 Å². The Kier molecular flexibility index (Phi) is 8.33. The Hall–Kier alpha value is -3.26. The molecule has 1 atom stereocenters. The lowest BCUT2D eigenvalue weighted by atomic mass is 10.1. The molecular formula is C23H26ClN3O5. The summed E-state index contributed by atoms with van der Waals surface area (Å²) in [5.41, 5.74) is 1.03. The van der Waals surface area contributed by atoms with E-state index in [1.807, 2.05) is 19.9 Å². The Morgan fingerprint density at radius 2 is 1.75 bits per heavy atom. The molecule has 1 heterocycles. The summed E-state index contributed by atoms with van der Waals surface area (Å²) in [7, 11) is 0. The smallest absolute Gasteiger partial charge is 0.266 e. The molecule has 170 valence electrons. The maximum Gasteiger partial charge on any atom is 0.266 e. The molecule has 0 aliphatic rings. The number of amides is 1. The summed E-state index contributed by atoms with van der Waals surface area (Å²) < 4.78 is 22.1. The third-order valence-electron chi connectivity index (χ3n) is 4.38. The van der Waals surface area contributed by atoms with Gasteiger partial charge in [-0.3, -0.25) is 4.79 Å². The molecule has 1 unspecified atom stereocenters. The lowest BCUT2D eigenvalue weighted by Crippen LogP contribution is -2.30. The number of anilines is 1. The second-order valence-electron chi connectivity index (χ2n) is 7.00. The molecule has 0 radical (unpaired) electrons. The van der Waals surface area contributed by atoms with Gasteiger partial charge < -0.3 is 19.5 Å². The number of ether oxygens (including phenoxy) is 3. The van der Waals surface area contributed by atoms with Crippen LogP contribution >= 0.6 is 11.6 Å². The number of hydrogen-bond acceptors (Lipinski definition) is 7. The summed E-state index contributed by atoms with van der Waals surface area (Å²) in [5, 5.41) is 10.9. The van der Waals surface area contributed by atoms with Crippen molar-refractivity contribution in [2.45, 2.75) is 39.7 Å². The Balaban J connectivity index is 1.77. The highest BCUT2D eigenvalue weighted by atomic mass is 35.5. The molecule has 0 aliphatic heterocycles. The molecule has 0 fully saturated rings. The monoisotopic (exact) mass is 459 g/mol. The molecule has 1 amide bonds. The predicted octanol–water partition coefficient (Wildman–Crippen LogP) is 5.37. The van der Waals surface area contributed by atoms with Crippen molar-refractivity contribution in [3.05, 3.63) is 47.5 Å². The van der Waals surface area contributed by atoms with Gasteiger partial charge in [0, 0.05) is 5.56 Å². The van der Waals surface area contributed by atoms with E-state index in [0.717, 1.165) is 12.8 Å². The van der Waals surface area contributed by atoms with E-state index < -0.39 is 12.0 Å². The van der Waals surface area contributed by atoms with Gasteiger partial charge in [0.25, 0.3) is 5.91 Å². The van der Waals surface area contributed by atoms with Crippen LogP contribution in [0.2, 0.25) is 5.02 Å². The molecule has 8 nitrogen and oxygen atoms in total. The minimum absolute atomic E-state index is 0.174. The van der Waals surface area contributed by atoms with Crippen LogP contribution in [0.25, 0.3) is 11.3 Å². The van der Waals surface area contributed by atoms with E-state index in [0.29, 0.717) is 46.7 Å². The van der Waals surface area contributed by atoms with Gasteiger partial charge in [0.15, 0.2) is 23.3 Å². The molecule has 1 N–H and O–H groups in total. The molecule has 3 rings (SSSR count). The molecule has 0 saturated carbocycles. The van der Waals surface area contributed by atoms with E-state index in [2.05, 4.69) is 15.6 Å². The summed E-state index contributed by atoms with van der Waals surface area (Å²) in [6.07, 6.45) is 0.910. The maximum absolute atomic E-state index is 12.7.